The normalized spacial score (nSPS) is 25.1. The molecule has 2 rings (SSSR count). The molecule has 0 amide bonds. The van der Waals surface area contributed by atoms with Crippen LogP contribution < -0.4 is 5.73 Å². The van der Waals surface area contributed by atoms with E-state index in [4.69, 9.17) is 5.73 Å². The molecule has 0 radical (unpaired) electrons. The number of nitrogens with two attached hydrogens (primary N) is 1. The highest BCUT2D eigenvalue weighted by atomic mass is 16.3. The van der Waals surface area contributed by atoms with E-state index in [0.29, 0.717) is 18.4 Å². The van der Waals surface area contributed by atoms with E-state index in [1.54, 1.807) is 0 Å². The molecule has 0 bridgehead atoms. The maximum Gasteiger partial charge on any atom is 0.0923 e. The summed E-state index contributed by atoms with van der Waals surface area (Å²) < 4.78 is 0. The standard InChI is InChI=1S/C13H26N2O/c1-10(2)7-15(12-5-6-12)9-13(16,8-14)11-3-4-11/h10-12,16H,3-9,14H2,1-2H3. The smallest absolute Gasteiger partial charge is 0.0923 e. The van der Waals surface area contributed by atoms with Gasteiger partial charge in [-0.15, -0.1) is 0 Å². The summed E-state index contributed by atoms with van der Waals surface area (Å²) in [6, 6.07) is 0.722. The number of rotatable bonds is 7. The summed E-state index contributed by atoms with van der Waals surface area (Å²) in [5, 5.41) is 10.6. The average molecular weight is 226 g/mol. The maximum atomic E-state index is 10.6. The van der Waals surface area contributed by atoms with Gasteiger partial charge in [-0.25, -0.2) is 0 Å². The van der Waals surface area contributed by atoms with Crippen molar-refractivity contribution in [2.75, 3.05) is 19.6 Å². The van der Waals surface area contributed by atoms with Crippen LogP contribution in [0.3, 0.4) is 0 Å². The molecule has 3 heteroatoms. The van der Waals surface area contributed by atoms with E-state index in [0.717, 1.165) is 32.0 Å². The second-order valence-electron chi connectivity index (χ2n) is 6.14. The fourth-order valence-corrected chi connectivity index (χ4v) is 2.58. The minimum atomic E-state index is -0.614. The lowest BCUT2D eigenvalue weighted by atomic mass is 9.96. The maximum absolute atomic E-state index is 10.6. The van der Waals surface area contributed by atoms with Crippen LogP contribution in [0, 0.1) is 11.8 Å². The second kappa shape index (κ2) is 4.63. The third kappa shape index (κ3) is 2.96. The fourth-order valence-electron chi connectivity index (χ4n) is 2.58. The molecule has 2 saturated carbocycles. The highest BCUT2D eigenvalue weighted by molar-refractivity contribution is 4.99. The van der Waals surface area contributed by atoms with Crippen LogP contribution >= 0.6 is 0 Å². The molecule has 3 N–H and O–H groups in total. The van der Waals surface area contributed by atoms with Crippen molar-refractivity contribution >= 4 is 0 Å². The zero-order valence-electron chi connectivity index (χ0n) is 10.7. The first-order valence-electron chi connectivity index (χ1n) is 6.71. The average Bonchev–Trinajstić information content (AvgIpc) is 3.03. The number of hydrogen-bond donors (Lipinski definition) is 2. The van der Waals surface area contributed by atoms with Gasteiger partial charge in [0, 0.05) is 25.7 Å². The van der Waals surface area contributed by atoms with Crippen molar-refractivity contribution in [2.45, 2.75) is 51.2 Å². The van der Waals surface area contributed by atoms with Crippen LogP contribution in [0.4, 0.5) is 0 Å². The molecule has 16 heavy (non-hydrogen) atoms. The fraction of sp³-hybridized carbons (Fsp3) is 1.00. The van der Waals surface area contributed by atoms with Crippen LogP contribution in [0.1, 0.15) is 39.5 Å². The van der Waals surface area contributed by atoms with Crippen molar-refractivity contribution in [3.63, 3.8) is 0 Å². The van der Waals surface area contributed by atoms with E-state index in [1.165, 1.54) is 12.8 Å². The van der Waals surface area contributed by atoms with Crippen molar-refractivity contribution in [1.29, 1.82) is 0 Å². The van der Waals surface area contributed by atoms with Crippen molar-refractivity contribution in [2.24, 2.45) is 17.6 Å². The predicted octanol–water partition coefficient (Wildman–Crippen LogP) is 1.21. The summed E-state index contributed by atoms with van der Waals surface area (Å²) in [6.07, 6.45) is 4.93. The molecule has 2 fully saturated rings. The Morgan fingerprint density at radius 1 is 1.31 bits per heavy atom. The largest absolute Gasteiger partial charge is 0.387 e. The zero-order valence-corrected chi connectivity index (χ0v) is 10.7. The van der Waals surface area contributed by atoms with Gasteiger partial charge in [0.2, 0.25) is 0 Å². The Hall–Kier alpha value is -0.120. The molecule has 0 spiro atoms. The van der Waals surface area contributed by atoms with Gasteiger partial charge in [0.1, 0.15) is 0 Å². The van der Waals surface area contributed by atoms with Crippen molar-refractivity contribution in [3.05, 3.63) is 0 Å². The minimum Gasteiger partial charge on any atom is -0.387 e. The first kappa shape index (κ1) is 12.3. The summed E-state index contributed by atoms with van der Waals surface area (Å²) in [6.45, 7) is 6.79. The predicted molar refractivity (Wildman–Crippen MR) is 66.2 cm³/mol. The van der Waals surface area contributed by atoms with Gasteiger partial charge in [0.25, 0.3) is 0 Å². The van der Waals surface area contributed by atoms with Gasteiger partial charge in [-0.05, 0) is 37.5 Å². The Bertz CT molecular complexity index is 236. The van der Waals surface area contributed by atoms with Crippen LogP contribution in [0.15, 0.2) is 0 Å². The summed E-state index contributed by atoms with van der Waals surface area (Å²) in [5.74, 6) is 1.13. The topological polar surface area (TPSA) is 49.5 Å². The van der Waals surface area contributed by atoms with Gasteiger partial charge in [0.15, 0.2) is 0 Å². The monoisotopic (exact) mass is 226 g/mol. The zero-order chi connectivity index (χ0) is 11.8. The molecule has 0 heterocycles. The molecular formula is C13H26N2O. The van der Waals surface area contributed by atoms with Crippen molar-refractivity contribution < 1.29 is 5.11 Å². The van der Waals surface area contributed by atoms with E-state index < -0.39 is 5.60 Å². The molecule has 94 valence electrons. The van der Waals surface area contributed by atoms with Crippen LogP contribution in [0.2, 0.25) is 0 Å². The summed E-state index contributed by atoms with van der Waals surface area (Å²) in [4.78, 5) is 2.47. The molecule has 2 aliphatic rings. The van der Waals surface area contributed by atoms with E-state index in [9.17, 15) is 5.11 Å². The van der Waals surface area contributed by atoms with Gasteiger partial charge in [-0.3, -0.25) is 4.90 Å². The van der Waals surface area contributed by atoms with Gasteiger partial charge in [-0.1, -0.05) is 13.8 Å². The highest BCUT2D eigenvalue weighted by Crippen LogP contribution is 2.41. The van der Waals surface area contributed by atoms with Gasteiger partial charge in [0.05, 0.1) is 5.60 Å². The van der Waals surface area contributed by atoms with E-state index in [1.807, 2.05) is 0 Å². The van der Waals surface area contributed by atoms with Gasteiger partial charge >= 0.3 is 0 Å². The Morgan fingerprint density at radius 2 is 1.94 bits per heavy atom. The Labute approximate surface area is 99.0 Å². The van der Waals surface area contributed by atoms with Crippen LogP contribution in [0.5, 0.6) is 0 Å². The van der Waals surface area contributed by atoms with Crippen LogP contribution in [-0.2, 0) is 0 Å². The molecule has 0 aromatic heterocycles. The first-order chi connectivity index (χ1) is 7.55. The van der Waals surface area contributed by atoms with Crippen molar-refractivity contribution in [3.8, 4) is 0 Å². The lowest BCUT2D eigenvalue weighted by Crippen LogP contribution is -2.51. The van der Waals surface area contributed by atoms with Crippen LogP contribution in [0.25, 0.3) is 0 Å². The molecular weight excluding hydrogens is 200 g/mol. The Balaban J connectivity index is 1.92. The molecule has 1 unspecified atom stereocenters. The van der Waals surface area contributed by atoms with Crippen molar-refractivity contribution in [1.82, 2.24) is 4.90 Å². The molecule has 1 atom stereocenters. The molecule has 0 saturated heterocycles. The summed E-state index contributed by atoms with van der Waals surface area (Å²) in [7, 11) is 0. The number of aliphatic hydroxyl groups is 1. The number of hydrogen-bond acceptors (Lipinski definition) is 3. The lowest BCUT2D eigenvalue weighted by molar-refractivity contribution is -0.0131. The molecule has 0 aliphatic heterocycles. The third-order valence-corrected chi connectivity index (χ3v) is 3.83. The van der Waals surface area contributed by atoms with Gasteiger partial charge in [-0.2, -0.15) is 0 Å². The summed E-state index contributed by atoms with van der Waals surface area (Å²) >= 11 is 0. The first-order valence-corrected chi connectivity index (χ1v) is 6.71. The molecule has 2 aliphatic carbocycles. The highest BCUT2D eigenvalue weighted by Gasteiger charge is 2.45. The molecule has 0 aromatic carbocycles. The Kier molecular flexibility index (Phi) is 3.57. The Morgan fingerprint density at radius 3 is 2.31 bits per heavy atom. The van der Waals surface area contributed by atoms with Crippen LogP contribution in [-0.4, -0.2) is 41.3 Å². The van der Waals surface area contributed by atoms with Gasteiger partial charge < -0.3 is 10.8 Å². The molecule has 3 nitrogen and oxygen atoms in total. The molecule has 0 aromatic rings. The summed E-state index contributed by atoms with van der Waals surface area (Å²) in [5.41, 5.74) is 5.16. The minimum absolute atomic E-state index is 0.416. The van der Waals surface area contributed by atoms with E-state index in [2.05, 4.69) is 18.7 Å². The van der Waals surface area contributed by atoms with E-state index >= 15 is 0 Å². The third-order valence-electron chi connectivity index (χ3n) is 3.83. The lowest BCUT2D eigenvalue weighted by Gasteiger charge is -2.34. The quantitative estimate of drug-likeness (QED) is 0.686. The van der Waals surface area contributed by atoms with E-state index in [-0.39, 0.29) is 0 Å². The SMILES string of the molecule is CC(C)CN(CC(O)(CN)C1CC1)C1CC1. The second-order valence-corrected chi connectivity index (χ2v) is 6.14. The number of nitrogens with zero attached hydrogens (tertiary/aromatic N) is 1.